The summed E-state index contributed by atoms with van der Waals surface area (Å²) in [5.41, 5.74) is 0. The molecule has 3 nitrogen and oxygen atoms in total. The fraction of sp³-hybridized carbons (Fsp3) is 0.857. The number of halogens is 1. The van der Waals surface area contributed by atoms with E-state index in [4.69, 9.17) is 5.11 Å². The lowest BCUT2D eigenvalue weighted by Gasteiger charge is -2.30. The van der Waals surface area contributed by atoms with E-state index in [9.17, 15) is 9.18 Å². The van der Waals surface area contributed by atoms with Gasteiger partial charge in [0.1, 0.15) is 12.2 Å². The van der Waals surface area contributed by atoms with Crippen LogP contribution in [0.3, 0.4) is 0 Å². The Balaban J connectivity index is 2.50. The molecule has 0 aromatic carbocycles. The number of alkyl halides is 1. The molecule has 0 saturated carbocycles. The quantitative estimate of drug-likeness (QED) is 0.609. The average Bonchev–Trinajstić information content (AvgIpc) is 1.85. The lowest BCUT2D eigenvalue weighted by Crippen LogP contribution is -2.45. The summed E-state index contributed by atoms with van der Waals surface area (Å²) in [6.45, 7) is 0.247. The fourth-order valence-electron chi connectivity index (χ4n) is 1.40. The van der Waals surface area contributed by atoms with E-state index in [2.05, 4.69) is 0 Å². The molecule has 0 aliphatic carbocycles. The van der Waals surface area contributed by atoms with Crippen molar-refractivity contribution < 1.29 is 14.3 Å². The molecule has 0 amide bonds. The molecule has 1 N–H and O–H groups in total. The standard InChI is InChI=1S/C7H12FNO2/c1-9-4-5(8)2-3-6(9)7(10)11/h5-6H,2-4H2,1H3,(H,10,11). The van der Waals surface area contributed by atoms with Gasteiger partial charge in [0, 0.05) is 6.54 Å². The summed E-state index contributed by atoms with van der Waals surface area (Å²) >= 11 is 0. The minimum absolute atomic E-state index is 0.247. The number of nitrogens with zero attached hydrogens (tertiary/aromatic N) is 1. The molecule has 0 aromatic heterocycles. The number of likely N-dealkylation sites (tertiary alicyclic amines) is 1. The smallest absolute Gasteiger partial charge is 0.320 e. The zero-order valence-electron chi connectivity index (χ0n) is 6.46. The first-order chi connectivity index (χ1) is 5.11. The number of rotatable bonds is 1. The largest absolute Gasteiger partial charge is 0.480 e. The van der Waals surface area contributed by atoms with Gasteiger partial charge in [0.2, 0.25) is 0 Å². The molecule has 0 radical (unpaired) electrons. The maximum Gasteiger partial charge on any atom is 0.320 e. The Hall–Kier alpha value is -0.640. The molecule has 0 bridgehead atoms. The summed E-state index contributed by atoms with van der Waals surface area (Å²) in [4.78, 5) is 12.1. The molecule has 2 atom stereocenters. The van der Waals surface area contributed by atoms with Crippen molar-refractivity contribution >= 4 is 5.97 Å². The minimum Gasteiger partial charge on any atom is -0.480 e. The van der Waals surface area contributed by atoms with Gasteiger partial charge in [-0.1, -0.05) is 0 Å². The van der Waals surface area contributed by atoms with Crippen LogP contribution in [0.5, 0.6) is 0 Å². The highest BCUT2D eigenvalue weighted by atomic mass is 19.1. The van der Waals surface area contributed by atoms with Crippen molar-refractivity contribution in [3.05, 3.63) is 0 Å². The van der Waals surface area contributed by atoms with Gasteiger partial charge >= 0.3 is 5.97 Å². The van der Waals surface area contributed by atoms with Crippen LogP contribution in [-0.2, 0) is 4.79 Å². The summed E-state index contributed by atoms with van der Waals surface area (Å²) < 4.78 is 12.6. The number of carboxylic acids is 1. The third-order valence-electron chi connectivity index (χ3n) is 2.06. The van der Waals surface area contributed by atoms with Gasteiger partial charge in [-0.15, -0.1) is 0 Å². The number of carbonyl (C=O) groups is 1. The van der Waals surface area contributed by atoms with Crippen LogP contribution in [0.25, 0.3) is 0 Å². The summed E-state index contributed by atoms with van der Waals surface area (Å²) in [6.07, 6.45) is -0.0514. The Morgan fingerprint density at radius 1 is 1.64 bits per heavy atom. The topological polar surface area (TPSA) is 40.5 Å². The van der Waals surface area contributed by atoms with Gasteiger partial charge in [0.05, 0.1) is 0 Å². The second-order valence-electron chi connectivity index (χ2n) is 2.97. The van der Waals surface area contributed by atoms with Crippen LogP contribution in [0.1, 0.15) is 12.8 Å². The van der Waals surface area contributed by atoms with E-state index in [0.29, 0.717) is 12.8 Å². The number of likely N-dealkylation sites (N-methyl/N-ethyl adjacent to an activating group) is 1. The highest BCUT2D eigenvalue weighted by Gasteiger charge is 2.29. The molecule has 1 fully saturated rings. The van der Waals surface area contributed by atoms with Crippen LogP contribution in [0.2, 0.25) is 0 Å². The maximum absolute atomic E-state index is 12.6. The highest BCUT2D eigenvalue weighted by molar-refractivity contribution is 5.73. The van der Waals surface area contributed by atoms with E-state index in [-0.39, 0.29) is 6.54 Å². The molecule has 0 aromatic rings. The average molecular weight is 161 g/mol. The molecule has 1 saturated heterocycles. The molecular formula is C7H12FNO2. The van der Waals surface area contributed by atoms with E-state index in [1.807, 2.05) is 0 Å². The summed E-state index contributed by atoms with van der Waals surface area (Å²) in [7, 11) is 1.64. The third kappa shape index (κ3) is 1.89. The van der Waals surface area contributed by atoms with E-state index in [1.165, 1.54) is 0 Å². The number of hydrogen-bond acceptors (Lipinski definition) is 2. The van der Waals surface area contributed by atoms with E-state index in [1.54, 1.807) is 11.9 Å². The molecule has 4 heteroatoms. The molecule has 1 rings (SSSR count). The van der Waals surface area contributed by atoms with Crippen molar-refractivity contribution in [2.24, 2.45) is 0 Å². The van der Waals surface area contributed by atoms with Crippen molar-refractivity contribution in [3.8, 4) is 0 Å². The predicted molar refractivity (Wildman–Crippen MR) is 38.2 cm³/mol. The Bertz CT molecular complexity index is 163. The van der Waals surface area contributed by atoms with Crippen LogP contribution >= 0.6 is 0 Å². The van der Waals surface area contributed by atoms with E-state index >= 15 is 0 Å². The minimum atomic E-state index is -0.851. The van der Waals surface area contributed by atoms with Crippen LogP contribution in [0.4, 0.5) is 4.39 Å². The normalized spacial score (nSPS) is 33.6. The van der Waals surface area contributed by atoms with Crippen LogP contribution < -0.4 is 0 Å². The van der Waals surface area contributed by atoms with Crippen molar-refractivity contribution in [2.75, 3.05) is 13.6 Å². The van der Waals surface area contributed by atoms with Crippen molar-refractivity contribution in [3.63, 3.8) is 0 Å². The molecule has 0 spiro atoms. The van der Waals surface area contributed by atoms with Gasteiger partial charge < -0.3 is 5.11 Å². The summed E-state index contributed by atoms with van der Waals surface area (Å²) in [6, 6.07) is -0.484. The first kappa shape index (κ1) is 8.46. The van der Waals surface area contributed by atoms with Crippen molar-refractivity contribution in [2.45, 2.75) is 25.1 Å². The Morgan fingerprint density at radius 2 is 2.27 bits per heavy atom. The fourth-order valence-corrected chi connectivity index (χ4v) is 1.40. The van der Waals surface area contributed by atoms with Crippen LogP contribution in [0, 0.1) is 0 Å². The first-order valence-corrected chi connectivity index (χ1v) is 3.68. The summed E-state index contributed by atoms with van der Waals surface area (Å²) in [5, 5.41) is 8.63. The van der Waals surface area contributed by atoms with E-state index < -0.39 is 18.2 Å². The Labute approximate surface area is 64.8 Å². The number of carboxylic acid groups (broad SMARTS) is 1. The predicted octanol–water partition coefficient (Wildman–Crippen LogP) is 0.503. The second kappa shape index (κ2) is 3.17. The Morgan fingerprint density at radius 3 is 2.73 bits per heavy atom. The molecule has 2 unspecified atom stereocenters. The maximum atomic E-state index is 12.6. The molecule has 1 aliphatic rings. The SMILES string of the molecule is CN1CC(F)CCC1C(=O)O. The second-order valence-corrected chi connectivity index (χ2v) is 2.97. The lowest BCUT2D eigenvalue weighted by molar-refractivity contribution is -0.144. The molecule has 1 heterocycles. The first-order valence-electron chi connectivity index (χ1n) is 3.68. The van der Waals surface area contributed by atoms with Gasteiger partial charge in [0.25, 0.3) is 0 Å². The van der Waals surface area contributed by atoms with Crippen LogP contribution in [0.15, 0.2) is 0 Å². The zero-order chi connectivity index (χ0) is 8.43. The molecule has 11 heavy (non-hydrogen) atoms. The van der Waals surface area contributed by atoms with Gasteiger partial charge in [-0.25, -0.2) is 4.39 Å². The number of hydrogen-bond donors (Lipinski definition) is 1. The molecule has 64 valence electrons. The lowest BCUT2D eigenvalue weighted by atomic mass is 10.0. The Kier molecular flexibility index (Phi) is 2.44. The van der Waals surface area contributed by atoms with Gasteiger partial charge in [-0.3, -0.25) is 9.69 Å². The van der Waals surface area contributed by atoms with Crippen LogP contribution in [-0.4, -0.2) is 41.8 Å². The van der Waals surface area contributed by atoms with Gasteiger partial charge in [-0.05, 0) is 19.9 Å². The van der Waals surface area contributed by atoms with Gasteiger partial charge in [0.15, 0.2) is 0 Å². The molecular weight excluding hydrogens is 149 g/mol. The van der Waals surface area contributed by atoms with Gasteiger partial charge in [-0.2, -0.15) is 0 Å². The monoisotopic (exact) mass is 161 g/mol. The number of piperidine rings is 1. The zero-order valence-corrected chi connectivity index (χ0v) is 6.46. The summed E-state index contributed by atoms with van der Waals surface area (Å²) in [5.74, 6) is -0.848. The third-order valence-corrected chi connectivity index (χ3v) is 2.06. The molecule has 1 aliphatic heterocycles. The van der Waals surface area contributed by atoms with Crippen molar-refractivity contribution in [1.29, 1.82) is 0 Å². The highest BCUT2D eigenvalue weighted by Crippen LogP contribution is 2.17. The van der Waals surface area contributed by atoms with Crippen molar-refractivity contribution in [1.82, 2.24) is 4.90 Å². The number of aliphatic carboxylic acids is 1. The van der Waals surface area contributed by atoms with E-state index in [0.717, 1.165) is 0 Å².